The molecular formula is C15H14Cl2N2O4. The van der Waals surface area contributed by atoms with Crippen LogP contribution in [0.5, 0.6) is 17.2 Å². The van der Waals surface area contributed by atoms with Gasteiger partial charge in [0.05, 0.1) is 42.6 Å². The van der Waals surface area contributed by atoms with Crippen molar-refractivity contribution < 1.29 is 19.0 Å². The first kappa shape index (κ1) is 17.2. The maximum absolute atomic E-state index is 12.5. The first-order valence-corrected chi connectivity index (χ1v) is 7.18. The van der Waals surface area contributed by atoms with E-state index in [2.05, 4.69) is 10.3 Å². The maximum Gasteiger partial charge on any atom is 0.259 e. The molecule has 0 aliphatic heterocycles. The lowest BCUT2D eigenvalue weighted by atomic mass is 10.1. The fourth-order valence-corrected chi connectivity index (χ4v) is 2.45. The van der Waals surface area contributed by atoms with Crippen LogP contribution >= 0.6 is 23.2 Å². The third-order valence-corrected chi connectivity index (χ3v) is 3.61. The number of carbonyl (C=O) groups excluding carboxylic acids is 1. The van der Waals surface area contributed by atoms with Crippen molar-refractivity contribution in [1.29, 1.82) is 0 Å². The van der Waals surface area contributed by atoms with Crippen molar-refractivity contribution in [3.8, 4) is 17.2 Å². The first-order chi connectivity index (χ1) is 11.0. The van der Waals surface area contributed by atoms with Gasteiger partial charge >= 0.3 is 0 Å². The number of carbonyl (C=O) groups is 1. The van der Waals surface area contributed by atoms with E-state index in [0.29, 0.717) is 11.5 Å². The van der Waals surface area contributed by atoms with E-state index in [1.165, 1.54) is 33.7 Å². The van der Waals surface area contributed by atoms with Gasteiger partial charge in [0, 0.05) is 12.4 Å². The molecule has 1 N–H and O–H groups in total. The van der Waals surface area contributed by atoms with Gasteiger partial charge in [-0.3, -0.25) is 9.78 Å². The van der Waals surface area contributed by atoms with Crippen molar-refractivity contribution in [2.24, 2.45) is 0 Å². The zero-order valence-corrected chi connectivity index (χ0v) is 14.2. The Bertz CT molecular complexity index is 717. The van der Waals surface area contributed by atoms with Crippen molar-refractivity contribution in [2.75, 3.05) is 26.6 Å². The van der Waals surface area contributed by atoms with Gasteiger partial charge < -0.3 is 19.5 Å². The number of aromatic nitrogens is 1. The summed E-state index contributed by atoms with van der Waals surface area (Å²) in [6, 6.07) is 3.16. The minimum atomic E-state index is -0.460. The summed E-state index contributed by atoms with van der Waals surface area (Å²) in [5.74, 6) is 0.541. The van der Waals surface area contributed by atoms with Gasteiger partial charge in [0.25, 0.3) is 5.91 Å². The van der Waals surface area contributed by atoms with Crippen LogP contribution in [-0.2, 0) is 0 Å². The van der Waals surface area contributed by atoms with Gasteiger partial charge in [-0.25, -0.2) is 0 Å². The average Bonchev–Trinajstić information content (AvgIpc) is 2.56. The molecule has 0 radical (unpaired) electrons. The van der Waals surface area contributed by atoms with E-state index in [0.717, 1.165) is 0 Å². The van der Waals surface area contributed by atoms with E-state index in [1.807, 2.05) is 0 Å². The normalized spacial score (nSPS) is 10.1. The van der Waals surface area contributed by atoms with Gasteiger partial charge in [0.1, 0.15) is 0 Å². The Morgan fingerprint density at radius 3 is 2.13 bits per heavy atom. The van der Waals surface area contributed by atoms with Crippen molar-refractivity contribution in [2.45, 2.75) is 0 Å². The maximum atomic E-state index is 12.5. The highest BCUT2D eigenvalue weighted by Gasteiger charge is 2.22. The minimum Gasteiger partial charge on any atom is -0.493 e. The van der Waals surface area contributed by atoms with Crippen LogP contribution in [0, 0.1) is 0 Å². The fourth-order valence-electron chi connectivity index (χ4n) is 1.99. The lowest BCUT2D eigenvalue weighted by Crippen LogP contribution is -2.14. The van der Waals surface area contributed by atoms with Crippen LogP contribution in [0.1, 0.15) is 10.4 Å². The number of pyridine rings is 1. The number of amides is 1. The molecule has 0 aliphatic rings. The second kappa shape index (κ2) is 7.39. The lowest BCUT2D eigenvalue weighted by Gasteiger charge is -2.16. The number of hydrogen-bond donors (Lipinski definition) is 1. The number of anilines is 1. The molecular weight excluding hydrogens is 343 g/mol. The number of benzene rings is 1. The van der Waals surface area contributed by atoms with Crippen LogP contribution in [0.4, 0.5) is 5.69 Å². The van der Waals surface area contributed by atoms with Crippen molar-refractivity contribution >= 4 is 34.8 Å². The summed E-state index contributed by atoms with van der Waals surface area (Å²) in [5, 5.41) is 3.09. The fraction of sp³-hybridized carbons (Fsp3) is 0.200. The Hall–Kier alpha value is -2.18. The van der Waals surface area contributed by atoms with Gasteiger partial charge in [-0.2, -0.15) is 0 Å². The predicted molar refractivity (Wildman–Crippen MR) is 88.3 cm³/mol. The van der Waals surface area contributed by atoms with Gasteiger partial charge in [-0.05, 0) is 12.1 Å². The van der Waals surface area contributed by atoms with Crippen LogP contribution in [0.25, 0.3) is 0 Å². The number of methoxy groups -OCH3 is 3. The van der Waals surface area contributed by atoms with Crippen LogP contribution in [0.2, 0.25) is 10.0 Å². The second-order valence-corrected chi connectivity index (χ2v) is 5.13. The van der Waals surface area contributed by atoms with Crippen molar-refractivity contribution in [3.05, 3.63) is 40.1 Å². The van der Waals surface area contributed by atoms with E-state index in [9.17, 15) is 4.79 Å². The van der Waals surface area contributed by atoms with Crippen molar-refractivity contribution in [3.63, 3.8) is 0 Å². The zero-order valence-electron chi connectivity index (χ0n) is 12.6. The molecule has 8 heteroatoms. The number of hydrogen-bond acceptors (Lipinski definition) is 5. The van der Waals surface area contributed by atoms with E-state index >= 15 is 0 Å². The highest BCUT2D eigenvalue weighted by Crippen LogP contribution is 2.40. The molecule has 0 saturated heterocycles. The zero-order chi connectivity index (χ0) is 17.0. The number of nitrogens with one attached hydrogen (secondary N) is 1. The Kier molecular flexibility index (Phi) is 5.52. The molecule has 0 unspecified atom stereocenters. The lowest BCUT2D eigenvalue weighted by molar-refractivity contribution is 0.102. The Labute approximate surface area is 143 Å². The summed E-state index contributed by atoms with van der Waals surface area (Å²) in [5.41, 5.74) is 0.513. The largest absolute Gasteiger partial charge is 0.493 e. The van der Waals surface area contributed by atoms with Crippen LogP contribution in [-0.4, -0.2) is 32.2 Å². The Morgan fingerprint density at radius 2 is 1.61 bits per heavy atom. The third-order valence-electron chi connectivity index (χ3n) is 3.04. The summed E-state index contributed by atoms with van der Waals surface area (Å²) in [6.45, 7) is 0. The van der Waals surface area contributed by atoms with Crippen molar-refractivity contribution in [1.82, 2.24) is 4.98 Å². The Balaban J connectivity index is 2.44. The summed E-state index contributed by atoms with van der Waals surface area (Å²) in [6.07, 6.45) is 2.77. The molecule has 23 heavy (non-hydrogen) atoms. The monoisotopic (exact) mass is 356 g/mol. The number of ether oxygens (including phenoxy) is 3. The third kappa shape index (κ3) is 3.43. The Morgan fingerprint density at radius 1 is 1.00 bits per heavy atom. The summed E-state index contributed by atoms with van der Waals surface area (Å²) in [4.78, 5) is 16.4. The predicted octanol–water partition coefficient (Wildman–Crippen LogP) is 3.67. The molecule has 0 aliphatic carbocycles. The molecule has 2 aromatic rings. The molecule has 0 atom stereocenters. The summed E-state index contributed by atoms with van der Waals surface area (Å²) < 4.78 is 15.7. The number of halogens is 2. The van der Waals surface area contributed by atoms with Crippen LogP contribution < -0.4 is 19.5 Å². The van der Waals surface area contributed by atoms with E-state index in [-0.39, 0.29) is 27.0 Å². The molecule has 2 rings (SSSR count). The number of nitrogens with zero attached hydrogens (tertiary/aromatic N) is 1. The molecule has 0 bridgehead atoms. The van der Waals surface area contributed by atoms with Gasteiger partial charge in [0.2, 0.25) is 5.75 Å². The quantitative estimate of drug-likeness (QED) is 0.884. The standard InChI is InChI=1S/C15H14Cl2N2O4/c1-21-11-5-4-8(13(22-2)14(11)23-3)15(20)19-12-9(16)6-18-7-10(12)17/h4-7H,1-3H3,(H,18,19,20). The highest BCUT2D eigenvalue weighted by molar-refractivity contribution is 6.39. The molecule has 1 heterocycles. The smallest absolute Gasteiger partial charge is 0.259 e. The molecule has 0 saturated carbocycles. The highest BCUT2D eigenvalue weighted by atomic mass is 35.5. The topological polar surface area (TPSA) is 69.7 Å². The molecule has 6 nitrogen and oxygen atoms in total. The minimum absolute atomic E-state index is 0.227. The van der Waals surface area contributed by atoms with Crippen LogP contribution in [0.3, 0.4) is 0 Å². The SMILES string of the molecule is COc1ccc(C(=O)Nc2c(Cl)cncc2Cl)c(OC)c1OC. The first-order valence-electron chi connectivity index (χ1n) is 6.42. The molecule has 122 valence electrons. The van der Waals surface area contributed by atoms with E-state index < -0.39 is 5.91 Å². The molecule has 0 fully saturated rings. The molecule has 1 aromatic carbocycles. The number of rotatable bonds is 5. The molecule has 1 amide bonds. The van der Waals surface area contributed by atoms with E-state index in [4.69, 9.17) is 37.4 Å². The molecule has 1 aromatic heterocycles. The van der Waals surface area contributed by atoms with E-state index in [1.54, 1.807) is 12.1 Å². The van der Waals surface area contributed by atoms with Gasteiger partial charge in [-0.15, -0.1) is 0 Å². The average molecular weight is 357 g/mol. The van der Waals surface area contributed by atoms with Gasteiger partial charge in [-0.1, -0.05) is 23.2 Å². The van der Waals surface area contributed by atoms with Gasteiger partial charge in [0.15, 0.2) is 11.5 Å². The summed E-state index contributed by atoms with van der Waals surface area (Å²) >= 11 is 12.0. The second-order valence-electron chi connectivity index (χ2n) is 4.31. The molecule has 0 spiro atoms. The van der Waals surface area contributed by atoms with Crippen LogP contribution in [0.15, 0.2) is 24.5 Å². The summed E-state index contributed by atoms with van der Waals surface area (Å²) in [7, 11) is 4.38.